The van der Waals surface area contributed by atoms with E-state index in [0.717, 1.165) is 38.0 Å². The Bertz CT molecular complexity index is 513. The van der Waals surface area contributed by atoms with E-state index in [1.807, 2.05) is 0 Å². The van der Waals surface area contributed by atoms with Crippen molar-refractivity contribution in [3.63, 3.8) is 0 Å². The predicted octanol–water partition coefficient (Wildman–Crippen LogP) is 3.89. The molecule has 0 unspecified atom stereocenters. The van der Waals surface area contributed by atoms with Crippen LogP contribution in [0, 0.1) is 29.1 Å². The molecule has 0 spiro atoms. The average molecular weight is 304 g/mol. The molecule has 1 heterocycles. The zero-order valence-corrected chi connectivity index (χ0v) is 13.9. The lowest BCUT2D eigenvalue weighted by molar-refractivity contribution is -0.202. The molecular formula is C19H28O3. The summed E-state index contributed by atoms with van der Waals surface area (Å²) in [6, 6.07) is 0. The summed E-state index contributed by atoms with van der Waals surface area (Å²) in [6.07, 6.45) is 8.91. The van der Waals surface area contributed by atoms with Gasteiger partial charge in [-0.05, 0) is 68.6 Å². The number of carbonyl (C=O) groups is 2. The maximum atomic E-state index is 11.9. The van der Waals surface area contributed by atoms with Gasteiger partial charge in [0.1, 0.15) is 11.4 Å². The smallest absolute Gasteiger partial charge is 0.306 e. The molecule has 1 aliphatic heterocycles. The number of esters is 1. The molecule has 1 saturated heterocycles. The molecule has 0 aromatic carbocycles. The number of carbonyl (C=O) groups excluding carboxylic acids is 2. The van der Waals surface area contributed by atoms with Crippen LogP contribution < -0.4 is 0 Å². The van der Waals surface area contributed by atoms with Crippen molar-refractivity contribution in [2.24, 2.45) is 29.1 Å². The zero-order chi connectivity index (χ0) is 15.5. The van der Waals surface area contributed by atoms with Crippen molar-refractivity contribution >= 4 is 11.8 Å². The zero-order valence-electron chi connectivity index (χ0n) is 13.9. The summed E-state index contributed by atoms with van der Waals surface area (Å²) in [5.41, 5.74) is 0.129. The van der Waals surface area contributed by atoms with E-state index in [4.69, 9.17) is 4.74 Å². The maximum Gasteiger partial charge on any atom is 0.306 e. The number of Topliss-reactive ketones (excluding diaryl/α,β-unsaturated/α-hetero) is 1. The Hall–Kier alpha value is -0.860. The highest BCUT2D eigenvalue weighted by atomic mass is 16.6. The van der Waals surface area contributed by atoms with Crippen LogP contribution in [0.3, 0.4) is 0 Å². The molecule has 0 N–H and O–H groups in total. The van der Waals surface area contributed by atoms with E-state index in [-0.39, 0.29) is 11.6 Å². The van der Waals surface area contributed by atoms with Gasteiger partial charge in [0.05, 0.1) is 0 Å². The number of hydrogen-bond acceptors (Lipinski definition) is 3. The predicted molar refractivity (Wildman–Crippen MR) is 83.1 cm³/mol. The maximum absolute atomic E-state index is 11.9. The summed E-state index contributed by atoms with van der Waals surface area (Å²) in [4.78, 5) is 23.6. The molecule has 4 aliphatic rings. The fraction of sp³-hybridized carbons (Fsp3) is 0.895. The molecule has 4 rings (SSSR count). The molecule has 122 valence electrons. The van der Waals surface area contributed by atoms with Gasteiger partial charge in [0.25, 0.3) is 0 Å². The summed E-state index contributed by atoms with van der Waals surface area (Å²) in [6.45, 7) is 4.63. The van der Waals surface area contributed by atoms with Crippen molar-refractivity contribution < 1.29 is 14.3 Å². The summed E-state index contributed by atoms with van der Waals surface area (Å²) >= 11 is 0. The molecule has 0 radical (unpaired) electrons. The fourth-order valence-corrected chi connectivity index (χ4v) is 6.56. The molecule has 0 bridgehead atoms. The third-order valence-electron chi connectivity index (χ3n) is 7.82. The standard InChI is InChI=1S/C19H28O3/c1-18-9-7-13(20)11-12(18)3-4-14-15(18)8-10-19(2)16(14)5-6-17(21)22-19/h12,14-16H,3-11H2,1-2H3/t12-,14-,15+,16-,18+,19-/m1/s1. The summed E-state index contributed by atoms with van der Waals surface area (Å²) in [7, 11) is 0. The quantitative estimate of drug-likeness (QED) is 0.638. The Morgan fingerprint density at radius 1 is 0.955 bits per heavy atom. The number of ether oxygens (including phenoxy) is 1. The average Bonchev–Trinajstić information content (AvgIpc) is 2.46. The van der Waals surface area contributed by atoms with E-state index >= 15 is 0 Å². The lowest BCUT2D eigenvalue weighted by Gasteiger charge is -2.61. The molecule has 0 amide bonds. The van der Waals surface area contributed by atoms with Crippen molar-refractivity contribution in [1.29, 1.82) is 0 Å². The monoisotopic (exact) mass is 304 g/mol. The SMILES string of the molecule is C[C@]12CCC(=O)C[C@H]1CC[C@H]1[C@H]3CCC(=O)O[C@]3(C)CC[C@@H]12. The molecular weight excluding hydrogens is 276 g/mol. The molecule has 3 saturated carbocycles. The van der Waals surface area contributed by atoms with Crippen LogP contribution >= 0.6 is 0 Å². The number of ketones is 1. The molecule has 3 aliphatic carbocycles. The van der Waals surface area contributed by atoms with Crippen LogP contribution in [0.4, 0.5) is 0 Å². The topological polar surface area (TPSA) is 43.4 Å². The lowest BCUT2D eigenvalue weighted by atomic mass is 9.46. The van der Waals surface area contributed by atoms with Crippen LogP contribution in [-0.2, 0) is 14.3 Å². The van der Waals surface area contributed by atoms with Crippen molar-refractivity contribution in [2.45, 2.75) is 77.2 Å². The van der Waals surface area contributed by atoms with Gasteiger partial charge < -0.3 is 4.74 Å². The second-order valence-corrected chi connectivity index (χ2v) is 8.76. The Morgan fingerprint density at radius 2 is 1.77 bits per heavy atom. The first-order valence-electron chi connectivity index (χ1n) is 9.16. The molecule has 0 aromatic rings. The Kier molecular flexibility index (Phi) is 3.22. The van der Waals surface area contributed by atoms with Crippen LogP contribution in [0.5, 0.6) is 0 Å². The normalized spacial score (nSPS) is 51.4. The van der Waals surface area contributed by atoms with Gasteiger partial charge in [0, 0.05) is 25.2 Å². The first-order valence-corrected chi connectivity index (χ1v) is 9.16. The van der Waals surface area contributed by atoms with Gasteiger partial charge in [-0.15, -0.1) is 0 Å². The highest BCUT2D eigenvalue weighted by Crippen LogP contribution is 2.62. The Balaban J connectivity index is 1.62. The van der Waals surface area contributed by atoms with Gasteiger partial charge >= 0.3 is 5.97 Å². The Morgan fingerprint density at radius 3 is 2.59 bits per heavy atom. The molecule has 4 fully saturated rings. The first kappa shape index (κ1) is 14.7. The minimum Gasteiger partial charge on any atom is -0.459 e. The summed E-state index contributed by atoms with van der Waals surface area (Å²) in [5, 5.41) is 0. The highest BCUT2D eigenvalue weighted by Gasteiger charge is 2.58. The fourth-order valence-electron chi connectivity index (χ4n) is 6.56. The molecule has 6 atom stereocenters. The van der Waals surface area contributed by atoms with Crippen LogP contribution in [0.25, 0.3) is 0 Å². The van der Waals surface area contributed by atoms with E-state index in [1.54, 1.807) is 0 Å². The molecule has 3 heteroatoms. The van der Waals surface area contributed by atoms with Crippen LogP contribution in [-0.4, -0.2) is 17.4 Å². The van der Waals surface area contributed by atoms with E-state index in [1.165, 1.54) is 19.3 Å². The van der Waals surface area contributed by atoms with Gasteiger partial charge in [-0.25, -0.2) is 0 Å². The number of hydrogen-bond donors (Lipinski definition) is 0. The van der Waals surface area contributed by atoms with Crippen molar-refractivity contribution in [1.82, 2.24) is 0 Å². The number of fused-ring (bicyclic) bond motifs is 5. The van der Waals surface area contributed by atoms with Gasteiger partial charge in [-0.1, -0.05) is 6.92 Å². The van der Waals surface area contributed by atoms with E-state index < -0.39 is 0 Å². The lowest BCUT2D eigenvalue weighted by Crippen LogP contribution is -2.58. The van der Waals surface area contributed by atoms with Gasteiger partial charge in [0.15, 0.2) is 0 Å². The minimum atomic E-state index is -0.218. The minimum absolute atomic E-state index is 0.000334. The van der Waals surface area contributed by atoms with Gasteiger partial charge in [-0.2, -0.15) is 0 Å². The summed E-state index contributed by atoms with van der Waals surface area (Å²) in [5.74, 6) is 3.05. The van der Waals surface area contributed by atoms with Gasteiger partial charge in [-0.3, -0.25) is 9.59 Å². The van der Waals surface area contributed by atoms with Crippen molar-refractivity contribution in [2.75, 3.05) is 0 Å². The third-order valence-corrected chi connectivity index (χ3v) is 7.82. The van der Waals surface area contributed by atoms with Crippen molar-refractivity contribution in [3.8, 4) is 0 Å². The van der Waals surface area contributed by atoms with Crippen molar-refractivity contribution in [3.05, 3.63) is 0 Å². The number of rotatable bonds is 0. The largest absolute Gasteiger partial charge is 0.459 e. The van der Waals surface area contributed by atoms with E-state index in [2.05, 4.69) is 13.8 Å². The third kappa shape index (κ3) is 2.00. The van der Waals surface area contributed by atoms with Crippen LogP contribution in [0.2, 0.25) is 0 Å². The van der Waals surface area contributed by atoms with E-state index in [0.29, 0.717) is 35.4 Å². The van der Waals surface area contributed by atoms with E-state index in [9.17, 15) is 9.59 Å². The van der Waals surface area contributed by atoms with Gasteiger partial charge in [0.2, 0.25) is 0 Å². The first-order chi connectivity index (χ1) is 10.4. The van der Waals surface area contributed by atoms with Crippen LogP contribution in [0.1, 0.15) is 71.6 Å². The highest BCUT2D eigenvalue weighted by molar-refractivity contribution is 5.79. The molecule has 0 aromatic heterocycles. The Labute approximate surface area is 133 Å². The summed E-state index contributed by atoms with van der Waals surface area (Å²) < 4.78 is 5.82. The van der Waals surface area contributed by atoms with Crippen LogP contribution in [0.15, 0.2) is 0 Å². The molecule has 3 nitrogen and oxygen atoms in total. The second kappa shape index (κ2) is 4.82. The second-order valence-electron chi connectivity index (χ2n) is 8.76. The molecule has 22 heavy (non-hydrogen) atoms.